The van der Waals surface area contributed by atoms with Gasteiger partial charge in [-0.1, -0.05) is 0 Å². The van der Waals surface area contributed by atoms with E-state index in [1.54, 1.807) is 0 Å². The van der Waals surface area contributed by atoms with E-state index in [1.165, 1.54) is 0 Å². The van der Waals surface area contributed by atoms with Crippen molar-refractivity contribution in [2.75, 3.05) is 6.61 Å². The van der Waals surface area contributed by atoms with E-state index in [-0.39, 0.29) is 6.42 Å². The van der Waals surface area contributed by atoms with E-state index in [0.29, 0.717) is 6.29 Å². The molecular weight excluding hydrogens is 377 g/mol. The lowest BCUT2D eigenvalue weighted by atomic mass is 10.2. The highest BCUT2D eigenvalue weighted by atomic mass is 31.3. The molecule has 14 nitrogen and oxygen atoms in total. The Kier molecular flexibility index (Phi) is 11.0. The number of rotatable bonds is 8. The van der Waals surface area contributed by atoms with E-state index in [4.69, 9.17) is 39.8 Å². The van der Waals surface area contributed by atoms with Gasteiger partial charge >= 0.3 is 23.5 Å². The summed E-state index contributed by atoms with van der Waals surface area (Å²) in [6.07, 6.45) is -1.98. The molecule has 0 saturated carbocycles. The number of aliphatic hydroxyl groups excluding tert-OH is 3. The molecule has 0 aliphatic carbocycles. The van der Waals surface area contributed by atoms with Crippen LogP contribution < -0.4 is 0 Å². The van der Waals surface area contributed by atoms with Gasteiger partial charge in [0.1, 0.15) is 12.4 Å². The minimum absolute atomic E-state index is 0.137. The molecule has 0 aliphatic heterocycles. The molecule has 0 saturated heterocycles. The van der Waals surface area contributed by atoms with Gasteiger partial charge in [-0.15, -0.1) is 0 Å². The fourth-order valence-corrected chi connectivity index (χ4v) is 3.20. The monoisotopic (exact) mass is 392 g/mol. The molecule has 0 aromatic heterocycles. The predicted molar refractivity (Wildman–Crippen MR) is 65.9 cm³/mol. The average molecular weight is 392 g/mol. The molecule has 0 bridgehead atoms. The van der Waals surface area contributed by atoms with Crippen molar-refractivity contribution in [2.45, 2.75) is 18.6 Å². The van der Waals surface area contributed by atoms with Crippen LogP contribution in [0.4, 0.5) is 0 Å². The van der Waals surface area contributed by atoms with Gasteiger partial charge in [0, 0.05) is 6.42 Å². The van der Waals surface area contributed by atoms with E-state index >= 15 is 0 Å². The maximum absolute atomic E-state index is 10.4. The largest absolute Gasteiger partial charge is 0.490 e. The molecule has 0 spiro atoms. The summed E-state index contributed by atoms with van der Waals surface area (Å²) in [7, 11) is -16.2. The molecule has 2 atom stereocenters. The second-order valence-corrected chi connectivity index (χ2v) is 7.54. The molecule has 0 rings (SSSR count). The van der Waals surface area contributed by atoms with Crippen LogP contribution in [-0.4, -0.2) is 64.9 Å². The van der Waals surface area contributed by atoms with Crippen LogP contribution in [0, 0.1) is 0 Å². The van der Waals surface area contributed by atoms with Crippen LogP contribution >= 0.6 is 23.5 Å². The van der Waals surface area contributed by atoms with Gasteiger partial charge in [0.05, 0.1) is 12.7 Å². The summed E-state index contributed by atoms with van der Waals surface area (Å²) < 4.78 is 36.4. The Hall–Kier alpha value is -0.0400. The topological polar surface area (TPSA) is 249 Å². The quantitative estimate of drug-likeness (QED) is 0.158. The van der Waals surface area contributed by atoms with Crippen molar-refractivity contribution in [2.24, 2.45) is 0 Å². The van der Waals surface area contributed by atoms with Crippen molar-refractivity contribution in [3.05, 3.63) is 0 Å². The van der Waals surface area contributed by atoms with Crippen molar-refractivity contribution < 1.29 is 66.9 Å². The molecule has 0 aromatic carbocycles. The van der Waals surface area contributed by atoms with E-state index in [9.17, 15) is 18.5 Å². The Bertz CT molecular complexity index is 435. The summed E-state index contributed by atoms with van der Waals surface area (Å²) in [5, 5.41) is 25.5. The fraction of sp³-hybridized carbons (Fsp3) is 0.800. The lowest BCUT2D eigenvalue weighted by Gasteiger charge is -2.11. The molecule has 22 heavy (non-hydrogen) atoms. The lowest BCUT2D eigenvalue weighted by molar-refractivity contribution is -0.111. The van der Waals surface area contributed by atoms with Gasteiger partial charge in [-0.3, -0.25) is 0 Å². The van der Waals surface area contributed by atoms with Gasteiger partial charge in [-0.25, -0.2) is 13.7 Å². The maximum atomic E-state index is 10.4. The van der Waals surface area contributed by atoms with Crippen LogP contribution in [0.3, 0.4) is 0 Å². The van der Waals surface area contributed by atoms with Crippen molar-refractivity contribution in [3.63, 3.8) is 0 Å². The number of hydrogen-bond donors (Lipinski definition) is 8. The molecule has 0 radical (unpaired) electrons. The number of aldehydes is 1. The SMILES string of the molecule is O=CCC(O)C(O)CO.O=P(O)(O)OP(=O)(O)OP(=O)(O)O. The van der Waals surface area contributed by atoms with Gasteiger partial charge in [0.15, 0.2) is 0 Å². The number of carbonyl (C=O) groups is 1. The fourth-order valence-electron chi connectivity index (χ4n) is 0.661. The van der Waals surface area contributed by atoms with Gasteiger partial charge in [0.2, 0.25) is 0 Å². The standard InChI is InChI=1S/C5H10O4.H5O10P3/c6-2-1-4(8)5(9)3-7;1-11(2,3)9-13(7,8)10-12(4,5)6/h2,4-5,7-9H,1,3H2;(H,7,8)(H2,1,2,3)(H2,4,5,6). The molecular formula is C5H15O14P3. The van der Waals surface area contributed by atoms with Crippen molar-refractivity contribution in [1.29, 1.82) is 0 Å². The van der Waals surface area contributed by atoms with Crippen LogP contribution in [0.2, 0.25) is 0 Å². The molecule has 0 heterocycles. The smallest absolute Gasteiger partial charge is 0.394 e. The molecule has 17 heteroatoms. The van der Waals surface area contributed by atoms with Crippen molar-refractivity contribution in [3.8, 4) is 0 Å². The van der Waals surface area contributed by atoms with Gasteiger partial charge in [0.25, 0.3) is 0 Å². The Balaban J connectivity index is 0. The van der Waals surface area contributed by atoms with Gasteiger partial charge < -0.3 is 44.6 Å². The second kappa shape index (κ2) is 9.96. The van der Waals surface area contributed by atoms with E-state index in [0.717, 1.165) is 0 Å². The molecule has 8 N–H and O–H groups in total. The number of carbonyl (C=O) groups excluding carboxylic acids is 1. The van der Waals surface area contributed by atoms with Gasteiger partial charge in [-0.2, -0.15) is 8.62 Å². The zero-order valence-electron chi connectivity index (χ0n) is 10.5. The molecule has 2 unspecified atom stereocenters. The molecule has 0 fully saturated rings. The Morgan fingerprint density at radius 1 is 0.864 bits per heavy atom. The van der Waals surface area contributed by atoms with Crippen LogP contribution in [-0.2, 0) is 27.1 Å². The van der Waals surface area contributed by atoms with Crippen LogP contribution in [0.15, 0.2) is 0 Å². The molecule has 0 aliphatic rings. The summed E-state index contributed by atoms with van der Waals surface area (Å²) in [6, 6.07) is 0. The van der Waals surface area contributed by atoms with Crippen LogP contribution in [0.5, 0.6) is 0 Å². The summed E-state index contributed by atoms with van der Waals surface area (Å²) >= 11 is 0. The summed E-state index contributed by atoms with van der Waals surface area (Å²) in [4.78, 5) is 49.9. The van der Waals surface area contributed by atoms with Crippen LogP contribution in [0.1, 0.15) is 6.42 Å². The first kappa shape index (κ1) is 24.2. The summed E-state index contributed by atoms with van der Waals surface area (Å²) in [6.45, 7) is -0.519. The highest BCUT2D eigenvalue weighted by Crippen LogP contribution is 2.64. The summed E-state index contributed by atoms with van der Waals surface area (Å²) in [5.74, 6) is 0. The second-order valence-electron chi connectivity index (χ2n) is 3.33. The lowest BCUT2D eigenvalue weighted by Crippen LogP contribution is -2.29. The van der Waals surface area contributed by atoms with Crippen molar-refractivity contribution >= 4 is 29.8 Å². The van der Waals surface area contributed by atoms with Crippen molar-refractivity contribution in [1.82, 2.24) is 0 Å². The van der Waals surface area contributed by atoms with Gasteiger partial charge in [-0.05, 0) is 0 Å². The first-order valence-corrected chi connectivity index (χ1v) is 9.46. The van der Waals surface area contributed by atoms with E-state index in [1.807, 2.05) is 0 Å². The van der Waals surface area contributed by atoms with Crippen LogP contribution in [0.25, 0.3) is 0 Å². The minimum atomic E-state index is -5.46. The summed E-state index contributed by atoms with van der Waals surface area (Å²) in [5.41, 5.74) is 0. The Morgan fingerprint density at radius 3 is 1.45 bits per heavy atom. The van der Waals surface area contributed by atoms with E-state index < -0.39 is 42.3 Å². The third kappa shape index (κ3) is 16.3. The Morgan fingerprint density at radius 2 is 1.23 bits per heavy atom. The number of phosphoric acid groups is 3. The van der Waals surface area contributed by atoms with E-state index in [2.05, 4.69) is 8.62 Å². The zero-order valence-corrected chi connectivity index (χ0v) is 13.2. The number of hydrogen-bond acceptors (Lipinski definition) is 9. The third-order valence-electron chi connectivity index (χ3n) is 1.39. The molecule has 0 aromatic rings. The number of aliphatic hydroxyl groups is 3. The maximum Gasteiger partial charge on any atom is 0.490 e. The molecule has 134 valence electrons. The highest BCUT2D eigenvalue weighted by Gasteiger charge is 2.38. The third-order valence-corrected chi connectivity index (χ3v) is 4.74. The predicted octanol–water partition coefficient (Wildman–Crippen LogP) is -2.41. The zero-order chi connectivity index (χ0) is 18.2. The average Bonchev–Trinajstić information content (AvgIpc) is 2.22. The first-order valence-electron chi connectivity index (χ1n) is 4.90. The normalized spacial score (nSPS) is 15.5. The highest BCUT2D eigenvalue weighted by molar-refractivity contribution is 7.66. The molecule has 0 amide bonds. The minimum Gasteiger partial charge on any atom is -0.394 e. The Labute approximate surface area is 123 Å². The first-order chi connectivity index (χ1) is 9.63.